The molecule has 0 amide bonds. The van der Waals surface area contributed by atoms with Crippen LogP contribution in [-0.2, 0) is 4.79 Å². The predicted molar refractivity (Wildman–Crippen MR) is 173 cm³/mol. The first-order chi connectivity index (χ1) is 19.2. The fourth-order valence-corrected chi connectivity index (χ4v) is 22.9. The molecule has 3 aliphatic carbocycles. The molecular weight excluding hydrogens is 583 g/mol. The van der Waals surface area contributed by atoms with E-state index in [-0.39, 0.29) is 0 Å². The normalized spacial score (nSPS) is 19.6. The van der Waals surface area contributed by atoms with E-state index in [4.69, 9.17) is 5.11 Å². The van der Waals surface area contributed by atoms with Gasteiger partial charge in [0.05, 0.1) is 0 Å². The molecule has 3 rings (SSSR count). The van der Waals surface area contributed by atoms with Crippen LogP contribution in [0.5, 0.6) is 0 Å². The maximum absolute atomic E-state index is 10.3. The summed E-state index contributed by atoms with van der Waals surface area (Å²) in [6.07, 6.45) is 44.4. The molecule has 0 aromatic rings. The summed E-state index contributed by atoms with van der Waals surface area (Å²) < 4.78 is 3.96. The summed E-state index contributed by atoms with van der Waals surface area (Å²) in [5.41, 5.74) is 0. The van der Waals surface area contributed by atoms with Crippen LogP contribution < -0.4 is 0 Å². The first kappa shape index (κ1) is 35.5. The fourth-order valence-electron chi connectivity index (χ4n) is 7.96. The SMILES string of the molecule is C1CC[CH]([Sn]([CH]2CCCCC2)[CH]2CCCCC2)CC1.CCCCCCCCCCCCCCCCCC(=O)O. The smallest absolute Gasteiger partial charge is 0.303 e. The van der Waals surface area contributed by atoms with E-state index in [1.165, 1.54) is 95.3 Å². The summed E-state index contributed by atoms with van der Waals surface area (Å²) in [4.78, 5) is 10.3. The second-order valence-corrected chi connectivity index (χ2v) is 23.4. The standard InChI is InChI=1S/C18H36O2.3C6H11.Sn/c1-2-3-4-5-6-7-8-9-10-11-12-13-14-15-16-17-18(19)20;3*1-2-4-6-5-3-1;/h2-17H2,1H3,(H,19,20);3*1H,2-6H2;. The molecular formula is C36H69O2Sn. The number of carboxylic acid groups (broad SMARTS) is 1. The van der Waals surface area contributed by atoms with E-state index in [2.05, 4.69) is 6.92 Å². The summed E-state index contributed by atoms with van der Waals surface area (Å²) >= 11 is -1.15. The van der Waals surface area contributed by atoms with Gasteiger partial charge in [-0.2, -0.15) is 0 Å². The van der Waals surface area contributed by atoms with Gasteiger partial charge in [-0.3, -0.25) is 4.79 Å². The second-order valence-electron chi connectivity index (χ2n) is 13.6. The summed E-state index contributed by atoms with van der Waals surface area (Å²) in [5, 5.41) is 8.52. The molecule has 0 aliphatic heterocycles. The van der Waals surface area contributed by atoms with Crippen molar-refractivity contribution in [3.05, 3.63) is 0 Å². The fraction of sp³-hybridized carbons (Fsp3) is 0.972. The van der Waals surface area contributed by atoms with E-state index in [9.17, 15) is 4.79 Å². The van der Waals surface area contributed by atoms with Crippen molar-refractivity contribution >= 4 is 25.7 Å². The molecule has 0 aromatic carbocycles. The number of rotatable bonds is 19. The molecule has 39 heavy (non-hydrogen) atoms. The molecule has 0 bridgehead atoms. The van der Waals surface area contributed by atoms with Crippen LogP contribution in [0.4, 0.5) is 0 Å². The monoisotopic (exact) mass is 653 g/mol. The zero-order valence-corrected chi connectivity index (χ0v) is 29.4. The minimum absolute atomic E-state index is 0.345. The average molecular weight is 653 g/mol. The molecule has 0 atom stereocenters. The molecule has 0 spiro atoms. The van der Waals surface area contributed by atoms with Gasteiger partial charge in [-0.15, -0.1) is 0 Å². The van der Waals surface area contributed by atoms with Gasteiger partial charge >= 0.3 is 134 Å². The van der Waals surface area contributed by atoms with E-state index in [1.54, 1.807) is 96.3 Å². The molecule has 1 radical (unpaired) electrons. The molecule has 229 valence electrons. The van der Waals surface area contributed by atoms with Crippen molar-refractivity contribution in [3.63, 3.8) is 0 Å². The topological polar surface area (TPSA) is 37.3 Å². The van der Waals surface area contributed by atoms with Crippen LogP contribution in [0.25, 0.3) is 0 Å². The van der Waals surface area contributed by atoms with Gasteiger partial charge in [0.15, 0.2) is 0 Å². The zero-order valence-electron chi connectivity index (χ0n) is 26.5. The van der Waals surface area contributed by atoms with Gasteiger partial charge in [-0.25, -0.2) is 0 Å². The van der Waals surface area contributed by atoms with Crippen LogP contribution in [0.2, 0.25) is 11.8 Å². The van der Waals surface area contributed by atoms with Gasteiger partial charge in [-0.05, 0) is 6.42 Å². The van der Waals surface area contributed by atoms with Gasteiger partial charge in [0.1, 0.15) is 0 Å². The molecule has 1 N–H and O–H groups in total. The number of aliphatic carboxylic acids is 1. The van der Waals surface area contributed by atoms with Crippen LogP contribution >= 0.6 is 0 Å². The van der Waals surface area contributed by atoms with Crippen molar-refractivity contribution in [2.45, 2.75) is 218 Å². The van der Waals surface area contributed by atoms with Crippen molar-refractivity contribution in [3.8, 4) is 0 Å². The number of unbranched alkanes of at least 4 members (excludes halogenated alkanes) is 14. The quantitative estimate of drug-likeness (QED) is 0.111. The molecule has 2 nitrogen and oxygen atoms in total. The largest absolute Gasteiger partial charge is 0.481 e. The summed E-state index contributed by atoms with van der Waals surface area (Å²) in [6.45, 7) is 2.27. The Morgan fingerprint density at radius 3 is 1.05 bits per heavy atom. The summed E-state index contributed by atoms with van der Waals surface area (Å²) in [6, 6.07) is 0. The Kier molecular flexibility index (Phi) is 22.6. The van der Waals surface area contributed by atoms with Gasteiger partial charge in [0, 0.05) is 6.42 Å². The summed E-state index contributed by atoms with van der Waals surface area (Å²) in [5.74, 6) is -0.653. The Morgan fingerprint density at radius 2 is 0.769 bits per heavy atom. The van der Waals surface area contributed by atoms with Crippen LogP contribution in [0.15, 0.2) is 0 Å². The van der Waals surface area contributed by atoms with E-state index < -0.39 is 25.7 Å². The van der Waals surface area contributed by atoms with Gasteiger partial charge in [0.2, 0.25) is 0 Å². The van der Waals surface area contributed by atoms with Crippen LogP contribution in [-0.4, -0.2) is 30.8 Å². The third-order valence-corrected chi connectivity index (χ3v) is 23.2. The van der Waals surface area contributed by atoms with Crippen molar-refractivity contribution in [1.82, 2.24) is 0 Å². The van der Waals surface area contributed by atoms with Gasteiger partial charge in [0.25, 0.3) is 0 Å². The van der Waals surface area contributed by atoms with Crippen molar-refractivity contribution in [2.24, 2.45) is 0 Å². The Morgan fingerprint density at radius 1 is 0.487 bits per heavy atom. The minimum atomic E-state index is -1.15. The molecule has 3 aliphatic rings. The number of carbonyl (C=O) groups is 1. The Balaban J connectivity index is 0.000000273. The molecule has 3 heteroatoms. The molecule has 0 aromatic heterocycles. The van der Waals surface area contributed by atoms with Crippen molar-refractivity contribution < 1.29 is 9.90 Å². The third-order valence-electron chi connectivity index (χ3n) is 10.2. The molecule has 3 saturated carbocycles. The number of hydrogen-bond acceptors (Lipinski definition) is 1. The second kappa shape index (κ2) is 24.8. The van der Waals surface area contributed by atoms with E-state index >= 15 is 0 Å². The summed E-state index contributed by atoms with van der Waals surface area (Å²) in [7, 11) is 0. The molecule has 0 saturated heterocycles. The average Bonchev–Trinajstić information content (AvgIpc) is 2.97. The minimum Gasteiger partial charge on any atom is -0.481 e. The van der Waals surface area contributed by atoms with Gasteiger partial charge in [-0.1, -0.05) is 96.8 Å². The Bertz CT molecular complexity index is 503. The zero-order chi connectivity index (χ0) is 27.8. The van der Waals surface area contributed by atoms with E-state index in [1.807, 2.05) is 0 Å². The molecule has 3 fully saturated rings. The van der Waals surface area contributed by atoms with Crippen molar-refractivity contribution in [1.29, 1.82) is 0 Å². The number of carboxylic acids is 1. The van der Waals surface area contributed by atoms with Crippen molar-refractivity contribution in [2.75, 3.05) is 0 Å². The third kappa shape index (κ3) is 17.7. The van der Waals surface area contributed by atoms with Crippen LogP contribution in [0, 0.1) is 0 Å². The van der Waals surface area contributed by atoms with E-state index in [0.29, 0.717) is 6.42 Å². The first-order valence-electron chi connectivity index (χ1n) is 18.3. The maximum atomic E-state index is 10.3. The maximum Gasteiger partial charge on any atom is 0.303 e. The van der Waals surface area contributed by atoms with Crippen LogP contribution in [0.1, 0.15) is 206 Å². The predicted octanol–water partition coefficient (Wildman–Crippen LogP) is 12.8. The Labute approximate surface area is 252 Å². The Hall–Kier alpha value is 0.269. The number of hydrogen-bond donors (Lipinski definition) is 1. The van der Waals surface area contributed by atoms with Crippen LogP contribution in [0.3, 0.4) is 0 Å². The first-order valence-corrected chi connectivity index (χ1v) is 23.2. The molecule has 0 heterocycles. The molecule has 0 unspecified atom stereocenters. The van der Waals surface area contributed by atoms with Gasteiger partial charge < -0.3 is 5.11 Å². The van der Waals surface area contributed by atoms with E-state index in [0.717, 1.165) is 12.8 Å².